The molecule has 2 heterocycles. The van der Waals surface area contributed by atoms with Crippen molar-refractivity contribution in [3.8, 4) is 5.75 Å². The number of hydrogen-bond acceptors (Lipinski definition) is 8. The number of aliphatic hydroxyl groups excluding tert-OH is 3. The number of fused-ring (bicyclic) bond motifs is 1. The Morgan fingerprint density at radius 3 is 2.52 bits per heavy atom. The fourth-order valence-electron chi connectivity index (χ4n) is 2.66. The molecule has 1 aliphatic rings. The van der Waals surface area contributed by atoms with Crippen molar-refractivity contribution in [2.75, 3.05) is 0 Å². The van der Waals surface area contributed by atoms with Crippen molar-refractivity contribution in [1.29, 1.82) is 0 Å². The summed E-state index contributed by atoms with van der Waals surface area (Å²) >= 11 is 0. The molecule has 0 aliphatic carbocycles. The molecule has 25 heavy (non-hydrogen) atoms. The molecule has 0 spiro atoms. The molecule has 9 nitrogen and oxygen atoms in total. The van der Waals surface area contributed by atoms with Gasteiger partial charge < -0.3 is 34.3 Å². The van der Waals surface area contributed by atoms with E-state index in [9.17, 15) is 24.9 Å². The number of aryl methyl sites for hydroxylation is 1. The average Bonchev–Trinajstić information content (AvgIpc) is 2.54. The Bertz CT molecular complexity index is 858. The third-order valence-corrected chi connectivity index (χ3v) is 3.99. The molecule has 3 rings (SSSR count). The summed E-state index contributed by atoms with van der Waals surface area (Å²) in [6.07, 6.45) is -8.53. The fourth-order valence-corrected chi connectivity index (χ4v) is 2.66. The van der Waals surface area contributed by atoms with E-state index in [4.69, 9.17) is 19.0 Å². The van der Waals surface area contributed by atoms with Crippen LogP contribution in [0.1, 0.15) is 5.56 Å². The number of benzene rings is 1. The minimum absolute atomic E-state index is 0.123. The van der Waals surface area contributed by atoms with E-state index in [-0.39, 0.29) is 11.3 Å². The van der Waals surface area contributed by atoms with E-state index in [0.717, 1.165) is 0 Å². The molecule has 0 bridgehead atoms. The van der Waals surface area contributed by atoms with Gasteiger partial charge in [-0.15, -0.1) is 0 Å². The Hall–Kier alpha value is -2.46. The number of ether oxygens (including phenoxy) is 2. The van der Waals surface area contributed by atoms with Crippen LogP contribution in [-0.4, -0.2) is 57.1 Å². The number of carboxylic acids is 1. The molecule has 1 aromatic carbocycles. The summed E-state index contributed by atoms with van der Waals surface area (Å²) in [7, 11) is 0. The first kappa shape index (κ1) is 17.4. The highest BCUT2D eigenvalue weighted by Crippen LogP contribution is 2.27. The summed E-state index contributed by atoms with van der Waals surface area (Å²) in [6.45, 7) is 1.74. The van der Waals surface area contributed by atoms with Gasteiger partial charge in [0.05, 0.1) is 0 Å². The molecule has 1 aromatic heterocycles. The minimum atomic E-state index is -1.80. The maximum absolute atomic E-state index is 11.5. The zero-order valence-corrected chi connectivity index (χ0v) is 13.0. The molecule has 0 saturated carbocycles. The maximum atomic E-state index is 11.5. The van der Waals surface area contributed by atoms with E-state index in [1.54, 1.807) is 13.0 Å². The molecule has 5 atom stereocenters. The van der Waals surface area contributed by atoms with Gasteiger partial charge in [0.15, 0.2) is 6.10 Å². The van der Waals surface area contributed by atoms with Gasteiger partial charge >= 0.3 is 11.6 Å². The summed E-state index contributed by atoms with van der Waals surface area (Å²) in [4.78, 5) is 22.5. The Kier molecular flexibility index (Phi) is 4.48. The summed E-state index contributed by atoms with van der Waals surface area (Å²) in [5, 5.41) is 39.1. The van der Waals surface area contributed by atoms with Gasteiger partial charge in [0.2, 0.25) is 6.29 Å². The van der Waals surface area contributed by atoms with E-state index in [2.05, 4.69) is 0 Å². The molecule has 2 aromatic rings. The van der Waals surface area contributed by atoms with Crippen molar-refractivity contribution in [1.82, 2.24) is 0 Å². The SMILES string of the molecule is [13CH3][13c]1[13cH][13c](=O)oc2cc(O[C@@H]3O[C@H](C(=O)O)[C@@H](O)[C@H](O)[C@H]3O)ccc21. The maximum Gasteiger partial charge on any atom is 0.336 e. The number of carbonyl (C=O) groups is 1. The third kappa shape index (κ3) is 3.22. The van der Waals surface area contributed by atoms with Crippen molar-refractivity contribution in [2.24, 2.45) is 0 Å². The molecule has 1 saturated heterocycles. The van der Waals surface area contributed by atoms with E-state index in [1.165, 1.54) is 18.2 Å². The largest absolute Gasteiger partial charge is 0.479 e. The van der Waals surface area contributed by atoms with Crippen LogP contribution in [0.3, 0.4) is 0 Å². The zero-order chi connectivity index (χ0) is 18.3. The number of aliphatic carboxylic acids is 1. The van der Waals surface area contributed by atoms with Crippen molar-refractivity contribution in [3.63, 3.8) is 0 Å². The lowest BCUT2D eigenvalue weighted by atomic mass is 9.99. The molecule has 0 radical (unpaired) electrons. The lowest BCUT2D eigenvalue weighted by Gasteiger charge is -2.38. The topological polar surface area (TPSA) is 147 Å². The minimum Gasteiger partial charge on any atom is -0.479 e. The van der Waals surface area contributed by atoms with E-state index >= 15 is 0 Å². The van der Waals surface area contributed by atoms with Gasteiger partial charge in [0.1, 0.15) is 29.6 Å². The van der Waals surface area contributed by atoms with Gasteiger partial charge in [-0.2, -0.15) is 0 Å². The van der Waals surface area contributed by atoms with Crippen LogP contribution in [0, 0.1) is 6.92 Å². The van der Waals surface area contributed by atoms with Crippen LogP contribution in [0.25, 0.3) is 11.0 Å². The van der Waals surface area contributed by atoms with E-state index in [1.807, 2.05) is 0 Å². The highest BCUT2D eigenvalue weighted by Gasteiger charge is 2.48. The summed E-state index contributed by atoms with van der Waals surface area (Å²) in [6, 6.07) is 5.86. The second-order valence-electron chi connectivity index (χ2n) is 5.76. The zero-order valence-electron chi connectivity index (χ0n) is 13.0. The van der Waals surface area contributed by atoms with Gasteiger partial charge in [-0.1, -0.05) is 0 Å². The summed E-state index contributed by atoms with van der Waals surface area (Å²) in [5.74, 6) is -1.38. The second kappa shape index (κ2) is 6.45. The van der Waals surface area contributed by atoms with Crippen molar-refractivity contribution in [2.45, 2.75) is 37.6 Å². The van der Waals surface area contributed by atoms with Gasteiger partial charge in [-0.3, -0.25) is 0 Å². The monoisotopic (exact) mass is 356 g/mol. The Morgan fingerprint density at radius 2 is 1.84 bits per heavy atom. The van der Waals surface area contributed by atoms with Crippen molar-refractivity contribution in [3.05, 3.63) is 40.2 Å². The van der Waals surface area contributed by atoms with E-state index in [0.29, 0.717) is 10.9 Å². The summed E-state index contributed by atoms with van der Waals surface area (Å²) < 4.78 is 15.5. The predicted octanol–water partition coefficient (Wildman–Crippen LogP) is -0.628. The molecule has 9 heteroatoms. The van der Waals surface area contributed by atoms with Crippen LogP contribution in [0.15, 0.2) is 33.5 Å². The van der Waals surface area contributed by atoms with Crippen molar-refractivity contribution < 1.29 is 39.1 Å². The molecular weight excluding hydrogens is 340 g/mol. The lowest BCUT2D eigenvalue weighted by molar-refractivity contribution is -0.271. The molecule has 134 valence electrons. The highest BCUT2D eigenvalue weighted by molar-refractivity contribution is 5.81. The first-order chi connectivity index (χ1) is 11.8. The van der Waals surface area contributed by atoms with E-state index < -0.39 is 42.3 Å². The smallest absolute Gasteiger partial charge is 0.336 e. The first-order valence-electron chi connectivity index (χ1n) is 7.41. The molecule has 1 fully saturated rings. The average molecular weight is 356 g/mol. The second-order valence-corrected chi connectivity index (χ2v) is 5.76. The number of hydrogen-bond donors (Lipinski definition) is 4. The first-order valence-corrected chi connectivity index (χ1v) is 7.41. The highest BCUT2D eigenvalue weighted by atomic mass is 16.7. The standard InChI is InChI=1S/C16H16O9/c1-6-4-10(17)24-9-5-7(2-3-8(6)9)23-16-13(20)11(18)12(19)14(25-16)15(21)22/h2-5,11-14,16,18-20H,1H3,(H,21,22)/t11-,12-,13+,14-,16+/m0/s1/i1+1,4+1,6+1,10+1. The van der Waals surface area contributed by atoms with Crippen LogP contribution in [0.5, 0.6) is 5.75 Å². The lowest BCUT2D eigenvalue weighted by Crippen LogP contribution is -2.61. The summed E-state index contributed by atoms with van der Waals surface area (Å²) in [5.41, 5.74) is 0.403. The fraction of sp³-hybridized carbons (Fsp3) is 0.375. The third-order valence-electron chi connectivity index (χ3n) is 3.99. The Morgan fingerprint density at radius 1 is 1.12 bits per heavy atom. The number of rotatable bonds is 3. The molecule has 4 N–H and O–H groups in total. The number of aliphatic hydroxyl groups is 3. The predicted molar refractivity (Wildman–Crippen MR) is 82.2 cm³/mol. The van der Waals surface area contributed by atoms with Crippen LogP contribution in [-0.2, 0) is 9.53 Å². The normalized spacial score (nSPS) is 29.5. The molecule has 0 amide bonds. The Labute approximate surface area is 140 Å². The molecule has 0 unspecified atom stereocenters. The van der Waals surface area contributed by atoms with Crippen LogP contribution in [0.4, 0.5) is 0 Å². The van der Waals surface area contributed by atoms with Gasteiger partial charge in [0, 0.05) is 17.5 Å². The van der Waals surface area contributed by atoms with Crippen LogP contribution in [0.2, 0.25) is 0 Å². The van der Waals surface area contributed by atoms with Gasteiger partial charge in [-0.05, 0) is 24.6 Å². The van der Waals surface area contributed by atoms with Gasteiger partial charge in [-0.25, -0.2) is 9.59 Å². The molecular formula is C16H16O9. The van der Waals surface area contributed by atoms with Crippen molar-refractivity contribution >= 4 is 16.9 Å². The van der Waals surface area contributed by atoms with Crippen LogP contribution >= 0.6 is 0 Å². The molecule has 1 aliphatic heterocycles. The Balaban J connectivity index is 1.89. The van der Waals surface area contributed by atoms with Gasteiger partial charge in [0.25, 0.3) is 0 Å². The number of carboxylic acid groups (broad SMARTS) is 1. The quantitative estimate of drug-likeness (QED) is 0.417. The van der Waals surface area contributed by atoms with Crippen LogP contribution < -0.4 is 10.4 Å².